The van der Waals surface area contributed by atoms with Crippen molar-refractivity contribution in [3.63, 3.8) is 0 Å². The molecule has 0 aliphatic carbocycles. The highest BCUT2D eigenvalue weighted by atomic mass is 33.1. The molecule has 0 saturated carbocycles. The van der Waals surface area contributed by atoms with Gasteiger partial charge in [-0.3, -0.25) is 0 Å². The molecule has 7 nitrogen and oxygen atoms in total. The molecule has 0 radical (unpaired) electrons. The summed E-state index contributed by atoms with van der Waals surface area (Å²) in [6.45, 7) is -0.578. The first-order chi connectivity index (χ1) is 7.26. The first-order valence-electron chi connectivity index (χ1n) is 4.45. The number of rotatable bonds is 3. The quantitative estimate of drug-likeness (QED) is 0.416. The van der Waals surface area contributed by atoms with Crippen molar-refractivity contribution in [2.24, 2.45) is 0 Å². The third-order valence-electron chi connectivity index (χ3n) is 2.12. The van der Waals surface area contributed by atoms with Gasteiger partial charge < -0.3 is 25.2 Å². The molecule has 0 aromatic heterocycles. The Bertz CT molecular complexity index is 328. The average Bonchev–Trinajstić information content (AvgIpc) is 2.17. The SMILES string of the molecule is CS(=O)(=O)S[C@@H]1O[C@H](CO)[C@@H](O)[C@H](O)[C@H]1O. The zero-order chi connectivity index (χ0) is 12.5. The molecule has 9 heteroatoms. The molecule has 0 bridgehead atoms. The summed E-state index contributed by atoms with van der Waals surface area (Å²) in [6.07, 6.45) is -4.71. The Morgan fingerprint density at radius 1 is 1.19 bits per heavy atom. The molecule has 16 heavy (non-hydrogen) atoms. The van der Waals surface area contributed by atoms with Gasteiger partial charge in [0.1, 0.15) is 29.9 Å². The van der Waals surface area contributed by atoms with E-state index in [-0.39, 0.29) is 0 Å². The van der Waals surface area contributed by atoms with Gasteiger partial charge in [-0.1, -0.05) is 0 Å². The fourth-order valence-corrected chi connectivity index (χ4v) is 3.64. The summed E-state index contributed by atoms with van der Waals surface area (Å²) < 4.78 is 27.0. The second-order valence-electron chi connectivity index (χ2n) is 3.50. The minimum atomic E-state index is -3.47. The Hall–Kier alpha value is 0.1000. The van der Waals surface area contributed by atoms with Crippen LogP contribution >= 0.6 is 10.8 Å². The molecule has 5 atom stereocenters. The molecule has 0 aromatic rings. The molecule has 4 N–H and O–H groups in total. The minimum Gasteiger partial charge on any atom is -0.394 e. The number of hydrogen-bond donors (Lipinski definition) is 4. The van der Waals surface area contributed by atoms with Gasteiger partial charge in [0, 0.05) is 17.0 Å². The number of aliphatic hydroxyl groups is 4. The molecule has 0 spiro atoms. The van der Waals surface area contributed by atoms with Crippen LogP contribution in [0, 0.1) is 0 Å². The predicted octanol–water partition coefficient (Wildman–Crippen LogP) is -2.52. The summed E-state index contributed by atoms with van der Waals surface area (Å²) in [5.74, 6) is 0. The van der Waals surface area contributed by atoms with E-state index in [4.69, 9.17) is 9.84 Å². The Balaban J connectivity index is 2.79. The molecule has 96 valence electrons. The van der Waals surface area contributed by atoms with E-state index in [0.29, 0.717) is 10.8 Å². The fourth-order valence-electron chi connectivity index (χ4n) is 1.32. The summed E-state index contributed by atoms with van der Waals surface area (Å²) in [7, 11) is -3.14. The summed E-state index contributed by atoms with van der Waals surface area (Å²) in [4.78, 5) is 0. The van der Waals surface area contributed by atoms with Crippen LogP contribution in [0.1, 0.15) is 0 Å². The second-order valence-corrected chi connectivity index (χ2v) is 7.96. The van der Waals surface area contributed by atoms with Gasteiger partial charge in [0.25, 0.3) is 0 Å². The largest absolute Gasteiger partial charge is 0.394 e. The highest BCUT2D eigenvalue weighted by molar-refractivity contribution is 8.72. The van der Waals surface area contributed by atoms with Crippen molar-refractivity contribution < 1.29 is 33.6 Å². The van der Waals surface area contributed by atoms with Gasteiger partial charge >= 0.3 is 0 Å². The first-order valence-corrected chi connectivity index (χ1v) is 7.74. The summed E-state index contributed by atoms with van der Waals surface area (Å²) in [5.41, 5.74) is -1.23. The monoisotopic (exact) mass is 274 g/mol. The van der Waals surface area contributed by atoms with Crippen molar-refractivity contribution in [3.8, 4) is 0 Å². The van der Waals surface area contributed by atoms with E-state index in [1.54, 1.807) is 0 Å². The molecule has 0 unspecified atom stereocenters. The summed E-state index contributed by atoms with van der Waals surface area (Å²) >= 11 is 0. The van der Waals surface area contributed by atoms with Crippen LogP contribution in [0.3, 0.4) is 0 Å². The lowest BCUT2D eigenvalue weighted by atomic mass is 10.0. The summed E-state index contributed by atoms with van der Waals surface area (Å²) in [5, 5.41) is 37.1. The maximum atomic E-state index is 11.0. The van der Waals surface area contributed by atoms with E-state index < -0.39 is 45.3 Å². The fraction of sp³-hybridized carbons (Fsp3) is 1.00. The first kappa shape index (κ1) is 14.2. The van der Waals surface area contributed by atoms with Gasteiger partial charge in [-0.2, -0.15) is 0 Å². The lowest BCUT2D eigenvalue weighted by Crippen LogP contribution is -2.57. The van der Waals surface area contributed by atoms with Gasteiger partial charge in [-0.05, 0) is 0 Å². The standard InChI is InChI=1S/C7H14O7S2/c1-16(12,13)15-7-6(11)5(10)4(9)3(2-8)14-7/h3-11H,2H2,1H3/t3-,4-,5+,6-,7+/m1/s1. The van der Waals surface area contributed by atoms with E-state index >= 15 is 0 Å². The molecular weight excluding hydrogens is 260 g/mol. The van der Waals surface area contributed by atoms with Crippen molar-refractivity contribution in [1.29, 1.82) is 0 Å². The van der Waals surface area contributed by atoms with Crippen LogP contribution < -0.4 is 0 Å². The lowest BCUT2D eigenvalue weighted by Gasteiger charge is -2.39. The predicted molar refractivity (Wildman–Crippen MR) is 56.2 cm³/mol. The highest BCUT2D eigenvalue weighted by Crippen LogP contribution is 2.30. The normalized spacial score (nSPS) is 40.9. The number of ether oxygens (including phenoxy) is 1. The van der Waals surface area contributed by atoms with Gasteiger partial charge in [-0.25, -0.2) is 8.42 Å². The lowest BCUT2D eigenvalue weighted by molar-refractivity contribution is -0.205. The van der Waals surface area contributed by atoms with E-state index in [0.717, 1.165) is 6.26 Å². The topological polar surface area (TPSA) is 124 Å². The molecule has 1 rings (SSSR count). The third-order valence-corrected chi connectivity index (χ3v) is 4.67. The van der Waals surface area contributed by atoms with Gasteiger partial charge in [-0.15, -0.1) is 0 Å². The van der Waals surface area contributed by atoms with Crippen molar-refractivity contribution in [2.75, 3.05) is 12.9 Å². The molecule has 1 aliphatic rings. The maximum absolute atomic E-state index is 11.0. The van der Waals surface area contributed by atoms with Crippen molar-refractivity contribution >= 4 is 19.7 Å². The molecule has 0 amide bonds. The molecule has 0 aromatic carbocycles. The van der Waals surface area contributed by atoms with Crippen LogP contribution in [-0.2, 0) is 13.6 Å². The Morgan fingerprint density at radius 2 is 1.75 bits per heavy atom. The van der Waals surface area contributed by atoms with Crippen LogP contribution in [-0.4, -0.2) is 71.6 Å². The van der Waals surface area contributed by atoms with Crippen molar-refractivity contribution in [2.45, 2.75) is 29.9 Å². The number of aliphatic hydroxyl groups excluding tert-OH is 4. The zero-order valence-electron chi connectivity index (χ0n) is 8.42. The molecule has 1 saturated heterocycles. The van der Waals surface area contributed by atoms with Crippen molar-refractivity contribution in [3.05, 3.63) is 0 Å². The van der Waals surface area contributed by atoms with Crippen molar-refractivity contribution in [1.82, 2.24) is 0 Å². The Morgan fingerprint density at radius 3 is 2.19 bits per heavy atom. The molecular formula is C7H14O7S2. The van der Waals surface area contributed by atoms with Crippen LogP contribution in [0.5, 0.6) is 0 Å². The third kappa shape index (κ3) is 3.29. The van der Waals surface area contributed by atoms with Crippen LogP contribution in [0.4, 0.5) is 0 Å². The van der Waals surface area contributed by atoms with E-state index in [2.05, 4.69) is 0 Å². The number of hydrogen-bond acceptors (Lipinski definition) is 8. The minimum absolute atomic E-state index is 0.328. The average molecular weight is 274 g/mol. The molecule has 1 heterocycles. The Kier molecular flexibility index (Phi) is 4.57. The van der Waals surface area contributed by atoms with E-state index in [1.165, 1.54) is 0 Å². The van der Waals surface area contributed by atoms with Gasteiger partial charge in [0.15, 0.2) is 0 Å². The molecule has 1 fully saturated rings. The van der Waals surface area contributed by atoms with Crippen LogP contribution in [0.2, 0.25) is 0 Å². The van der Waals surface area contributed by atoms with Crippen LogP contribution in [0.25, 0.3) is 0 Å². The zero-order valence-corrected chi connectivity index (χ0v) is 10.1. The van der Waals surface area contributed by atoms with E-state index in [9.17, 15) is 23.7 Å². The van der Waals surface area contributed by atoms with Gasteiger partial charge in [0.2, 0.25) is 8.87 Å². The molecule has 1 aliphatic heterocycles. The Labute approximate surface area is 96.4 Å². The smallest absolute Gasteiger partial charge is 0.201 e. The van der Waals surface area contributed by atoms with E-state index in [1.807, 2.05) is 0 Å². The van der Waals surface area contributed by atoms with Crippen LogP contribution in [0.15, 0.2) is 0 Å². The maximum Gasteiger partial charge on any atom is 0.201 e. The summed E-state index contributed by atoms with van der Waals surface area (Å²) in [6, 6.07) is 0. The second kappa shape index (κ2) is 5.17. The highest BCUT2D eigenvalue weighted by Gasteiger charge is 2.44. The van der Waals surface area contributed by atoms with Gasteiger partial charge in [0.05, 0.1) is 6.61 Å².